The summed E-state index contributed by atoms with van der Waals surface area (Å²) in [5.41, 5.74) is -0.856. The fraction of sp³-hybridized carbons (Fsp3) is 0.800. The fourth-order valence-corrected chi connectivity index (χ4v) is 0.331. The molecule has 0 amide bonds. The van der Waals surface area contributed by atoms with Gasteiger partial charge in [-0.05, 0) is 11.6 Å². The summed E-state index contributed by atoms with van der Waals surface area (Å²) in [4.78, 5) is 10.2. The minimum atomic E-state index is -0.982. The molecular formula is C5H11Cl2NO2. The molecule has 0 spiro atoms. The molecule has 62 valence electrons. The molecule has 0 heterocycles. The second kappa shape index (κ2) is 4.01. The van der Waals surface area contributed by atoms with Gasteiger partial charge in [-0.1, -0.05) is 0 Å². The monoisotopic (exact) mass is 187 g/mol. The van der Waals surface area contributed by atoms with E-state index in [0.717, 1.165) is 0 Å². The molecule has 0 bridgehead atoms. The summed E-state index contributed by atoms with van der Waals surface area (Å²) < 4.78 is 0.233. The summed E-state index contributed by atoms with van der Waals surface area (Å²) in [6.45, 7) is 0. The maximum atomic E-state index is 10.2. The molecule has 0 aromatic heterocycles. The maximum absolute atomic E-state index is 10.2. The molecule has 10 heavy (non-hydrogen) atoms. The predicted molar refractivity (Wildman–Crippen MR) is 35.3 cm³/mol. The number of aliphatic carboxylic acids is 1. The van der Waals surface area contributed by atoms with Crippen LogP contribution in [0.1, 0.15) is 0 Å². The van der Waals surface area contributed by atoms with Gasteiger partial charge in [0.05, 0.1) is 21.1 Å². The van der Waals surface area contributed by atoms with Crippen molar-refractivity contribution in [2.45, 2.75) is 5.50 Å². The Morgan fingerprint density at radius 1 is 1.50 bits per heavy atom. The minimum absolute atomic E-state index is 0. The maximum Gasteiger partial charge on any atom is 0.379 e. The number of hydrogen-bond acceptors (Lipinski definition) is 1. The van der Waals surface area contributed by atoms with Crippen LogP contribution in [0, 0.1) is 0 Å². The molecule has 0 rings (SSSR count). The highest BCUT2D eigenvalue weighted by molar-refractivity contribution is 6.28. The molecule has 0 fully saturated rings. The van der Waals surface area contributed by atoms with E-state index in [1.165, 1.54) is 0 Å². The first kappa shape index (κ1) is 12.7. The number of rotatable bonds is 2. The molecule has 1 N–H and O–H groups in total. The highest BCUT2D eigenvalue weighted by atomic mass is 35.5. The minimum Gasteiger partial charge on any atom is -1.00 e. The molecule has 0 saturated heterocycles. The van der Waals surface area contributed by atoms with Crippen LogP contribution in [0.2, 0.25) is 0 Å². The van der Waals surface area contributed by atoms with Crippen molar-refractivity contribution >= 4 is 17.6 Å². The predicted octanol–water partition coefficient (Wildman–Crippen LogP) is -2.65. The molecule has 0 aromatic rings. The van der Waals surface area contributed by atoms with Crippen molar-refractivity contribution < 1.29 is 26.8 Å². The van der Waals surface area contributed by atoms with Gasteiger partial charge in [0, 0.05) is 0 Å². The standard InChI is InChI=1S/C5H10ClNO2.ClH/c1-7(2,3)4(6)5(8)9;/h4H,1-3H3;1H. The summed E-state index contributed by atoms with van der Waals surface area (Å²) >= 11 is 5.46. The topological polar surface area (TPSA) is 37.3 Å². The Hall–Kier alpha value is 0.01000. The molecule has 0 aliphatic carbocycles. The van der Waals surface area contributed by atoms with Gasteiger partial charge in [0.15, 0.2) is 0 Å². The van der Waals surface area contributed by atoms with Crippen LogP contribution < -0.4 is 12.4 Å². The van der Waals surface area contributed by atoms with Crippen LogP contribution in [-0.2, 0) is 4.79 Å². The lowest BCUT2D eigenvalue weighted by Crippen LogP contribution is -3.00. The van der Waals surface area contributed by atoms with E-state index in [4.69, 9.17) is 16.7 Å². The SMILES string of the molecule is C[N+](C)(C)C(Cl)C(=O)O.[Cl-]. The first-order valence-electron chi connectivity index (χ1n) is 2.53. The second-order valence-corrected chi connectivity index (χ2v) is 3.20. The molecule has 5 heteroatoms. The highest BCUT2D eigenvalue weighted by Crippen LogP contribution is 2.06. The quantitative estimate of drug-likeness (QED) is 0.292. The lowest BCUT2D eigenvalue weighted by atomic mass is 10.5. The van der Waals surface area contributed by atoms with Gasteiger partial charge < -0.3 is 22.0 Å². The zero-order valence-corrected chi connectivity index (χ0v) is 7.65. The first-order chi connectivity index (χ1) is 3.85. The normalized spacial score (nSPS) is 13.6. The lowest BCUT2D eigenvalue weighted by molar-refractivity contribution is -0.874. The number of carboxylic acid groups (broad SMARTS) is 1. The Balaban J connectivity index is 0. The Labute approximate surface area is 71.6 Å². The molecule has 3 nitrogen and oxygen atoms in total. The second-order valence-electron chi connectivity index (χ2n) is 2.79. The Morgan fingerprint density at radius 2 is 1.80 bits per heavy atom. The zero-order valence-electron chi connectivity index (χ0n) is 6.14. The van der Waals surface area contributed by atoms with E-state index in [9.17, 15) is 4.79 Å². The molecule has 1 unspecified atom stereocenters. The van der Waals surface area contributed by atoms with Crippen LogP contribution in [0.15, 0.2) is 0 Å². The van der Waals surface area contributed by atoms with E-state index >= 15 is 0 Å². The van der Waals surface area contributed by atoms with Gasteiger partial charge in [0.2, 0.25) is 0 Å². The van der Waals surface area contributed by atoms with Gasteiger partial charge in [-0.15, -0.1) is 0 Å². The molecule has 1 atom stereocenters. The van der Waals surface area contributed by atoms with Gasteiger partial charge in [-0.25, -0.2) is 4.79 Å². The number of quaternary nitrogens is 1. The number of halogens is 2. The number of alkyl halides is 1. The zero-order chi connectivity index (χ0) is 7.65. The van der Waals surface area contributed by atoms with E-state index in [1.807, 2.05) is 0 Å². The molecule has 0 saturated carbocycles. The Morgan fingerprint density at radius 3 is 1.80 bits per heavy atom. The lowest BCUT2D eigenvalue weighted by Gasteiger charge is -2.25. The summed E-state index contributed by atoms with van der Waals surface area (Å²) in [5, 5.41) is 8.37. The number of hydrogen-bond donors (Lipinski definition) is 1. The van der Waals surface area contributed by atoms with E-state index in [-0.39, 0.29) is 16.9 Å². The molecule has 0 aromatic carbocycles. The number of nitrogens with zero attached hydrogens (tertiary/aromatic N) is 1. The van der Waals surface area contributed by atoms with E-state index < -0.39 is 11.5 Å². The Kier molecular flexibility index (Phi) is 5.08. The highest BCUT2D eigenvalue weighted by Gasteiger charge is 2.27. The van der Waals surface area contributed by atoms with Gasteiger partial charge in [0.1, 0.15) is 0 Å². The van der Waals surface area contributed by atoms with E-state index in [0.29, 0.717) is 0 Å². The largest absolute Gasteiger partial charge is 1.00 e. The number of carbonyl (C=O) groups is 1. The third kappa shape index (κ3) is 3.93. The van der Waals surface area contributed by atoms with Crippen LogP contribution in [0.5, 0.6) is 0 Å². The molecule has 0 aliphatic heterocycles. The summed E-state index contributed by atoms with van der Waals surface area (Å²) in [6.07, 6.45) is 0. The van der Waals surface area contributed by atoms with Crippen molar-refractivity contribution in [1.82, 2.24) is 0 Å². The van der Waals surface area contributed by atoms with Crippen LogP contribution in [-0.4, -0.2) is 42.2 Å². The Bertz CT molecular complexity index is 121. The van der Waals surface area contributed by atoms with Gasteiger partial charge in [-0.2, -0.15) is 0 Å². The smallest absolute Gasteiger partial charge is 0.379 e. The van der Waals surface area contributed by atoms with Crippen molar-refractivity contribution in [2.24, 2.45) is 0 Å². The summed E-state index contributed by atoms with van der Waals surface area (Å²) in [7, 11) is 5.18. The molecule has 0 aliphatic rings. The third-order valence-electron chi connectivity index (χ3n) is 0.884. The van der Waals surface area contributed by atoms with Crippen LogP contribution >= 0.6 is 11.6 Å². The van der Waals surface area contributed by atoms with Crippen molar-refractivity contribution in [2.75, 3.05) is 21.1 Å². The van der Waals surface area contributed by atoms with Crippen molar-refractivity contribution in [3.63, 3.8) is 0 Å². The van der Waals surface area contributed by atoms with Crippen molar-refractivity contribution in [3.05, 3.63) is 0 Å². The van der Waals surface area contributed by atoms with E-state index in [1.54, 1.807) is 21.1 Å². The van der Waals surface area contributed by atoms with Crippen LogP contribution in [0.25, 0.3) is 0 Å². The van der Waals surface area contributed by atoms with Crippen LogP contribution in [0.4, 0.5) is 0 Å². The van der Waals surface area contributed by atoms with Crippen LogP contribution in [0.3, 0.4) is 0 Å². The summed E-state index contributed by atoms with van der Waals surface area (Å²) in [5.74, 6) is -0.982. The first-order valence-corrected chi connectivity index (χ1v) is 2.97. The van der Waals surface area contributed by atoms with Crippen molar-refractivity contribution in [3.8, 4) is 0 Å². The summed E-state index contributed by atoms with van der Waals surface area (Å²) in [6, 6.07) is 0. The molecular weight excluding hydrogens is 177 g/mol. The van der Waals surface area contributed by atoms with Gasteiger partial charge >= 0.3 is 5.97 Å². The fourth-order valence-electron chi connectivity index (χ4n) is 0.331. The van der Waals surface area contributed by atoms with Gasteiger partial charge in [-0.3, -0.25) is 0 Å². The van der Waals surface area contributed by atoms with E-state index in [2.05, 4.69) is 0 Å². The van der Waals surface area contributed by atoms with Crippen molar-refractivity contribution in [1.29, 1.82) is 0 Å². The average Bonchev–Trinajstić information content (AvgIpc) is 1.62. The third-order valence-corrected chi connectivity index (χ3v) is 1.66. The number of likely N-dealkylation sites (N-methyl/N-ethyl adjacent to an activating group) is 1. The molecule has 0 radical (unpaired) electrons. The number of carboxylic acids is 1. The average molecular weight is 188 g/mol. The van der Waals surface area contributed by atoms with Gasteiger partial charge in [0.25, 0.3) is 5.50 Å².